The summed E-state index contributed by atoms with van der Waals surface area (Å²) in [5.41, 5.74) is 2.91. The van der Waals surface area contributed by atoms with E-state index in [0.29, 0.717) is 24.5 Å². The van der Waals surface area contributed by atoms with Crippen LogP contribution in [0.2, 0.25) is 0 Å². The molecule has 0 aliphatic carbocycles. The Bertz CT molecular complexity index is 513. The first kappa shape index (κ1) is 15.3. The molecule has 0 bridgehead atoms. The Morgan fingerprint density at radius 1 is 1.52 bits per heavy atom. The van der Waals surface area contributed by atoms with Gasteiger partial charge in [0, 0.05) is 18.7 Å². The molecule has 1 amide bonds. The van der Waals surface area contributed by atoms with Gasteiger partial charge in [-0.25, -0.2) is 5.43 Å². The number of phenolic OH excluding ortho intramolecular Hbond substituents is 1. The zero-order chi connectivity index (χ0) is 15.1. The molecule has 1 saturated heterocycles. The lowest BCUT2D eigenvalue weighted by atomic mass is 10.2. The first-order chi connectivity index (χ1) is 10.2. The minimum atomic E-state index is -0.199. The summed E-state index contributed by atoms with van der Waals surface area (Å²) in [7, 11) is 1.47. The molecule has 1 aliphatic rings. The monoisotopic (exact) mass is 293 g/mol. The third kappa shape index (κ3) is 4.44. The molecule has 21 heavy (non-hydrogen) atoms. The summed E-state index contributed by atoms with van der Waals surface area (Å²) in [5.74, 6) is 0.153. The smallest absolute Gasteiger partial charge is 0.254 e. The number of nitrogens with one attached hydrogen (secondary N) is 1. The summed E-state index contributed by atoms with van der Waals surface area (Å²) in [4.78, 5) is 13.7. The number of hydrazone groups is 1. The van der Waals surface area contributed by atoms with Gasteiger partial charge in [-0.15, -0.1) is 0 Å². The van der Waals surface area contributed by atoms with Crippen LogP contribution in [-0.2, 0) is 9.53 Å². The van der Waals surface area contributed by atoms with Gasteiger partial charge in [-0.2, -0.15) is 5.10 Å². The van der Waals surface area contributed by atoms with Crippen LogP contribution in [0.5, 0.6) is 11.5 Å². The Labute approximate surface area is 123 Å². The van der Waals surface area contributed by atoms with E-state index in [0.717, 1.165) is 13.1 Å². The Hall–Kier alpha value is -2.12. The van der Waals surface area contributed by atoms with Crippen LogP contribution in [0.1, 0.15) is 5.56 Å². The lowest BCUT2D eigenvalue weighted by molar-refractivity contribution is -0.123. The number of amides is 1. The molecule has 2 rings (SSSR count). The van der Waals surface area contributed by atoms with Gasteiger partial charge in [-0.1, -0.05) is 6.07 Å². The van der Waals surface area contributed by atoms with Gasteiger partial charge in [0.1, 0.15) is 0 Å². The molecular weight excluding hydrogens is 274 g/mol. The van der Waals surface area contributed by atoms with Crippen molar-refractivity contribution < 1.29 is 19.4 Å². The molecule has 1 fully saturated rings. The van der Waals surface area contributed by atoms with Gasteiger partial charge in [0.05, 0.1) is 33.1 Å². The molecular formula is C14H19N3O4. The van der Waals surface area contributed by atoms with E-state index >= 15 is 0 Å². The zero-order valence-electron chi connectivity index (χ0n) is 11.9. The first-order valence-electron chi connectivity index (χ1n) is 6.68. The van der Waals surface area contributed by atoms with Crippen molar-refractivity contribution in [2.24, 2.45) is 5.10 Å². The van der Waals surface area contributed by atoms with Crippen LogP contribution in [0.25, 0.3) is 0 Å². The second-order valence-corrected chi connectivity index (χ2v) is 4.58. The highest BCUT2D eigenvalue weighted by Crippen LogP contribution is 2.27. The number of aromatic hydroxyl groups is 1. The molecule has 7 nitrogen and oxygen atoms in total. The van der Waals surface area contributed by atoms with Crippen LogP contribution in [-0.4, -0.2) is 62.1 Å². The highest BCUT2D eigenvalue weighted by Gasteiger charge is 2.13. The Morgan fingerprint density at radius 2 is 2.29 bits per heavy atom. The maximum Gasteiger partial charge on any atom is 0.254 e. The van der Waals surface area contributed by atoms with Gasteiger partial charge in [0.15, 0.2) is 11.5 Å². The minimum Gasteiger partial charge on any atom is -0.504 e. The van der Waals surface area contributed by atoms with Gasteiger partial charge in [-0.3, -0.25) is 9.69 Å². The van der Waals surface area contributed by atoms with Gasteiger partial charge >= 0.3 is 0 Å². The molecule has 0 aromatic heterocycles. The molecule has 0 spiro atoms. The maximum absolute atomic E-state index is 11.7. The Kier molecular flexibility index (Phi) is 5.53. The van der Waals surface area contributed by atoms with E-state index in [9.17, 15) is 9.90 Å². The number of phenols is 1. The SMILES string of the molecule is COc1cccc(/C=N\NC(=O)CN2CCOCC2)c1O. The summed E-state index contributed by atoms with van der Waals surface area (Å²) in [6.45, 7) is 3.06. The number of benzene rings is 1. The molecule has 114 valence electrons. The van der Waals surface area contributed by atoms with Crippen molar-refractivity contribution >= 4 is 12.1 Å². The van der Waals surface area contributed by atoms with E-state index in [2.05, 4.69) is 10.5 Å². The Balaban J connectivity index is 1.85. The largest absolute Gasteiger partial charge is 0.504 e. The van der Waals surface area contributed by atoms with Gasteiger partial charge < -0.3 is 14.6 Å². The summed E-state index contributed by atoms with van der Waals surface area (Å²) < 4.78 is 10.2. The number of methoxy groups -OCH3 is 1. The molecule has 1 heterocycles. The fourth-order valence-electron chi connectivity index (χ4n) is 1.98. The van der Waals surface area contributed by atoms with Crippen LogP contribution < -0.4 is 10.2 Å². The Morgan fingerprint density at radius 3 is 3.00 bits per heavy atom. The quantitative estimate of drug-likeness (QED) is 0.598. The van der Waals surface area contributed by atoms with E-state index in [1.54, 1.807) is 18.2 Å². The maximum atomic E-state index is 11.7. The number of carbonyl (C=O) groups excluding carboxylic acids is 1. The third-order valence-electron chi connectivity index (χ3n) is 3.11. The molecule has 0 unspecified atom stereocenters. The highest BCUT2D eigenvalue weighted by molar-refractivity contribution is 5.86. The predicted molar refractivity (Wildman–Crippen MR) is 77.7 cm³/mol. The number of carbonyl (C=O) groups is 1. The van der Waals surface area contributed by atoms with E-state index in [1.807, 2.05) is 4.90 Å². The van der Waals surface area contributed by atoms with Crippen molar-refractivity contribution in [3.63, 3.8) is 0 Å². The average Bonchev–Trinajstić information content (AvgIpc) is 2.50. The van der Waals surface area contributed by atoms with E-state index < -0.39 is 0 Å². The number of rotatable bonds is 5. The molecule has 1 aromatic carbocycles. The van der Waals surface area contributed by atoms with Crippen LogP contribution in [0.15, 0.2) is 23.3 Å². The van der Waals surface area contributed by atoms with Crippen molar-refractivity contribution in [2.75, 3.05) is 40.0 Å². The van der Waals surface area contributed by atoms with Crippen LogP contribution in [0.4, 0.5) is 0 Å². The molecule has 1 aromatic rings. The third-order valence-corrected chi connectivity index (χ3v) is 3.11. The molecule has 2 N–H and O–H groups in total. The molecule has 7 heteroatoms. The summed E-state index contributed by atoms with van der Waals surface area (Å²) in [6, 6.07) is 5.05. The van der Waals surface area contributed by atoms with Crippen molar-refractivity contribution in [1.82, 2.24) is 10.3 Å². The highest BCUT2D eigenvalue weighted by atomic mass is 16.5. The van der Waals surface area contributed by atoms with Crippen molar-refractivity contribution in [3.8, 4) is 11.5 Å². The lowest BCUT2D eigenvalue weighted by Gasteiger charge is -2.25. The predicted octanol–water partition coefficient (Wildman–Crippen LogP) is 0.183. The first-order valence-corrected chi connectivity index (χ1v) is 6.68. The zero-order valence-corrected chi connectivity index (χ0v) is 11.9. The van der Waals surface area contributed by atoms with E-state index in [1.165, 1.54) is 13.3 Å². The standard InChI is InChI=1S/C14H19N3O4/c1-20-12-4-2-3-11(14(12)19)9-15-16-13(18)10-17-5-7-21-8-6-17/h2-4,9,19H,5-8,10H2,1H3,(H,16,18)/b15-9-. The molecule has 0 saturated carbocycles. The van der Waals surface area contributed by atoms with Crippen molar-refractivity contribution in [1.29, 1.82) is 0 Å². The van der Waals surface area contributed by atoms with Crippen LogP contribution in [0.3, 0.4) is 0 Å². The summed E-state index contributed by atoms with van der Waals surface area (Å²) in [5, 5.41) is 13.7. The molecule has 1 aliphatic heterocycles. The number of morpholine rings is 1. The van der Waals surface area contributed by atoms with Crippen LogP contribution in [0, 0.1) is 0 Å². The number of nitrogens with zero attached hydrogens (tertiary/aromatic N) is 2. The van der Waals surface area contributed by atoms with Crippen LogP contribution >= 0.6 is 0 Å². The fourth-order valence-corrected chi connectivity index (χ4v) is 1.98. The van der Waals surface area contributed by atoms with Gasteiger partial charge in [-0.05, 0) is 12.1 Å². The number of hydrogen-bond donors (Lipinski definition) is 2. The lowest BCUT2D eigenvalue weighted by Crippen LogP contribution is -2.42. The second kappa shape index (κ2) is 7.61. The second-order valence-electron chi connectivity index (χ2n) is 4.58. The van der Waals surface area contributed by atoms with Crippen molar-refractivity contribution in [2.45, 2.75) is 0 Å². The number of para-hydroxylation sites is 1. The van der Waals surface area contributed by atoms with E-state index in [4.69, 9.17) is 9.47 Å². The minimum absolute atomic E-state index is 0.00817. The molecule has 0 atom stereocenters. The van der Waals surface area contributed by atoms with Crippen molar-refractivity contribution in [3.05, 3.63) is 23.8 Å². The summed E-state index contributed by atoms with van der Waals surface area (Å²) in [6.07, 6.45) is 1.38. The van der Waals surface area contributed by atoms with Gasteiger partial charge in [0.25, 0.3) is 5.91 Å². The normalized spacial score (nSPS) is 16.0. The summed E-state index contributed by atoms with van der Waals surface area (Å²) >= 11 is 0. The number of hydrogen-bond acceptors (Lipinski definition) is 6. The number of ether oxygens (including phenoxy) is 2. The van der Waals surface area contributed by atoms with E-state index in [-0.39, 0.29) is 18.2 Å². The average molecular weight is 293 g/mol. The fraction of sp³-hybridized carbons (Fsp3) is 0.429. The molecule has 0 radical (unpaired) electrons. The van der Waals surface area contributed by atoms with Gasteiger partial charge in [0.2, 0.25) is 0 Å². The topological polar surface area (TPSA) is 83.4 Å².